The molecule has 3 heteroatoms. The third-order valence-corrected chi connectivity index (χ3v) is 2.58. The van der Waals surface area contributed by atoms with Crippen LogP contribution in [-0.4, -0.2) is 6.29 Å². The summed E-state index contributed by atoms with van der Waals surface area (Å²) in [5.41, 5.74) is 1.96. The van der Waals surface area contributed by atoms with Gasteiger partial charge in [0, 0.05) is 0 Å². The number of nitriles is 1. The molecule has 0 aliphatic rings. The van der Waals surface area contributed by atoms with Crippen LogP contribution >= 0.6 is 11.3 Å². The summed E-state index contributed by atoms with van der Waals surface area (Å²) in [4.78, 5) is 11.1. The van der Waals surface area contributed by atoms with E-state index in [9.17, 15) is 4.79 Å². The van der Waals surface area contributed by atoms with Crippen molar-refractivity contribution >= 4 is 23.2 Å². The molecule has 0 bridgehead atoms. The van der Waals surface area contributed by atoms with Gasteiger partial charge in [-0.25, -0.2) is 0 Å². The van der Waals surface area contributed by atoms with E-state index in [1.54, 1.807) is 0 Å². The molecule has 0 atom stereocenters. The van der Waals surface area contributed by atoms with E-state index in [0.29, 0.717) is 11.3 Å². The lowest BCUT2D eigenvalue weighted by atomic mass is 10.1. The minimum Gasteiger partial charge on any atom is -0.297 e. The summed E-state index contributed by atoms with van der Waals surface area (Å²) in [6.07, 6.45) is 3.12. The summed E-state index contributed by atoms with van der Waals surface area (Å²) < 4.78 is 0. The molecule has 0 saturated heterocycles. The van der Waals surface area contributed by atoms with Gasteiger partial charge in [0.05, 0.1) is 17.4 Å². The molecule has 0 unspecified atom stereocenters. The molecule has 1 heterocycles. The average molecular weight is 191 g/mol. The number of aldehydes is 1. The molecule has 0 aliphatic heterocycles. The van der Waals surface area contributed by atoms with Gasteiger partial charge in [-0.1, -0.05) is 6.08 Å². The van der Waals surface area contributed by atoms with Crippen LogP contribution in [0.4, 0.5) is 0 Å². The van der Waals surface area contributed by atoms with Crippen molar-refractivity contribution in [2.75, 3.05) is 0 Å². The molecule has 1 rings (SSSR count). The molecule has 66 valence electrons. The van der Waals surface area contributed by atoms with Gasteiger partial charge in [0.1, 0.15) is 0 Å². The van der Waals surface area contributed by atoms with E-state index in [-0.39, 0.29) is 0 Å². The third-order valence-electron chi connectivity index (χ3n) is 1.72. The lowest BCUT2D eigenvalue weighted by molar-refractivity contribution is 0.112. The minimum absolute atomic E-state index is 0.394. The lowest BCUT2D eigenvalue weighted by Gasteiger charge is -1.95. The van der Waals surface area contributed by atoms with E-state index in [2.05, 4.69) is 6.07 Å². The molecule has 0 aromatic carbocycles. The van der Waals surface area contributed by atoms with Crippen LogP contribution in [0.3, 0.4) is 0 Å². The molecule has 0 fully saturated rings. The minimum atomic E-state index is 0.394. The Bertz CT molecular complexity index is 371. The molecule has 1 aromatic heterocycles. The van der Waals surface area contributed by atoms with E-state index >= 15 is 0 Å². The van der Waals surface area contributed by atoms with Crippen molar-refractivity contribution in [3.05, 3.63) is 28.0 Å². The summed E-state index contributed by atoms with van der Waals surface area (Å²) in [6.45, 7) is 1.89. The largest absolute Gasteiger partial charge is 0.297 e. The fourth-order valence-electron chi connectivity index (χ4n) is 1.04. The van der Waals surface area contributed by atoms with Crippen molar-refractivity contribution < 1.29 is 4.79 Å². The highest BCUT2D eigenvalue weighted by molar-refractivity contribution is 7.11. The number of hydrogen-bond acceptors (Lipinski definition) is 3. The smallest absolute Gasteiger partial charge is 0.160 e. The van der Waals surface area contributed by atoms with Crippen LogP contribution in [-0.2, 0) is 0 Å². The first kappa shape index (κ1) is 9.69. The maximum atomic E-state index is 10.4. The van der Waals surface area contributed by atoms with Gasteiger partial charge in [0.25, 0.3) is 0 Å². The van der Waals surface area contributed by atoms with Crippen LogP contribution < -0.4 is 0 Å². The van der Waals surface area contributed by atoms with Crippen molar-refractivity contribution in [2.24, 2.45) is 0 Å². The summed E-state index contributed by atoms with van der Waals surface area (Å²) >= 11 is 1.40. The Balaban J connectivity index is 2.93. The van der Waals surface area contributed by atoms with Crippen molar-refractivity contribution in [3.8, 4) is 6.07 Å². The molecule has 0 N–H and O–H groups in total. The molecule has 0 aliphatic carbocycles. The highest BCUT2D eigenvalue weighted by Crippen LogP contribution is 2.22. The second-order valence-corrected chi connectivity index (χ2v) is 3.45. The molecular formula is C10H9NOS. The molecule has 0 amide bonds. The van der Waals surface area contributed by atoms with E-state index in [0.717, 1.165) is 17.4 Å². The van der Waals surface area contributed by atoms with Crippen LogP contribution in [0.1, 0.15) is 28.6 Å². The SMILES string of the molecule is C/C=C(/CC#N)c1csc(C=O)c1. The number of rotatable bonds is 3. The zero-order chi connectivity index (χ0) is 9.68. The lowest BCUT2D eigenvalue weighted by Crippen LogP contribution is -1.78. The average Bonchev–Trinajstić information content (AvgIpc) is 2.62. The van der Waals surface area contributed by atoms with Crippen LogP contribution in [0, 0.1) is 11.3 Å². The first-order valence-corrected chi connectivity index (χ1v) is 4.76. The van der Waals surface area contributed by atoms with E-state index in [1.807, 2.05) is 24.4 Å². The maximum Gasteiger partial charge on any atom is 0.160 e. The summed E-state index contributed by atoms with van der Waals surface area (Å²) in [5.74, 6) is 0. The maximum absolute atomic E-state index is 10.4. The molecule has 13 heavy (non-hydrogen) atoms. The second kappa shape index (κ2) is 4.58. The quantitative estimate of drug-likeness (QED) is 0.689. The van der Waals surface area contributed by atoms with Gasteiger partial charge in [-0.2, -0.15) is 5.26 Å². The molecule has 0 spiro atoms. The Hall–Kier alpha value is -1.40. The van der Waals surface area contributed by atoms with Gasteiger partial charge < -0.3 is 0 Å². The van der Waals surface area contributed by atoms with E-state index in [4.69, 9.17) is 5.26 Å². The van der Waals surface area contributed by atoms with Crippen molar-refractivity contribution in [1.29, 1.82) is 5.26 Å². The number of hydrogen-bond donors (Lipinski definition) is 0. The first-order valence-electron chi connectivity index (χ1n) is 3.88. The standard InChI is InChI=1S/C10H9NOS/c1-2-8(3-4-11)9-5-10(6-12)13-7-9/h2,5-7H,3H2,1H3/b8-2-. The van der Waals surface area contributed by atoms with Gasteiger partial charge in [0.15, 0.2) is 6.29 Å². The molecular weight excluding hydrogens is 182 g/mol. The molecule has 1 aromatic rings. The second-order valence-electron chi connectivity index (χ2n) is 2.50. The van der Waals surface area contributed by atoms with Crippen LogP contribution in [0.25, 0.3) is 5.57 Å². The zero-order valence-corrected chi connectivity index (χ0v) is 8.10. The third kappa shape index (κ3) is 2.27. The first-order chi connectivity index (χ1) is 6.31. The number of carbonyl (C=O) groups is 1. The highest BCUT2D eigenvalue weighted by Gasteiger charge is 2.03. The zero-order valence-electron chi connectivity index (χ0n) is 7.28. The molecule has 0 saturated carbocycles. The van der Waals surface area contributed by atoms with Gasteiger partial charge in [-0.3, -0.25) is 4.79 Å². The molecule has 2 nitrogen and oxygen atoms in total. The van der Waals surface area contributed by atoms with E-state index in [1.165, 1.54) is 11.3 Å². The fraction of sp³-hybridized carbons (Fsp3) is 0.200. The van der Waals surface area contributed by atoms with Crippen molar-refractivity contribution in [2.45, 2.75) is 13.3 Å². The highest BCUT2D eigenvalue weighted by atomic mass is 32.1. The van der Waals surface area contributed by atoms with E-state index < -0.39 is 0 Å². The Labute approximate surface area is 81.1 Å². The van der Waals surface area contributed by atoms with Crippen molar-refractivity contribution in [3.63, 3.8) is 0 Å². The number of allylic oxidation sites excluding steroid dienone is 2. The van der Waals surface area contributed by atoms with Gasteiger partial charge >= 0.3 is 0 Å². The van der Waals surface area contributed by atoms with Gasteiger partial charge in [-0.15, -0.1) is 11.3 Å². The summed E-state index contributed by atoms with van der Waals surface area (Å²) in [5, 5.41) is 10.4. The predicted octanol–water partition coefficient (Wildman–Crippen LogP) is 2.88. The van der Waals surface area contributed by atoms with Gasteiger partial charge in [0.2, 0.25) is 0 Å². The Morgan fingerprint density at radius 3 is 3.00 bits per heavy atom. The van der Waals surface area contributed by atoms with Crippen LogP contribution in [0.5, 0.6) is 0 Å². The predicted molar refractivity (Wildman–Crippen MR) is 53.6 cm³/mol. The topological polar surface area (TPSA) is 40.9 Å². The van der Waals surface area contributed by atoms with Crippen molar-refractivity contribution in [1.82, 2.24) is 0 Å². The Morgan fingerprint density at radius 1 is 1.77 bits per heavy atom. The summed E-state index contributed by atoms with van der Waals surface area (Å²) in [7, 11) is 0. The number of carbonyl (C=O) groups excluding carboxylic acids is 1. The monoisotopic (exact) mass is 191 g/mol. The van der Waals surface area contributed by atoms with Gasteiger partial charge in [-0.05, 0) is 29.5 Å². The number of nitrogens with zero attached hydrogens (tertiary/aromatic N) is 1. The normalized spacial score (nSPS) is 10.9. The molecule has 0 radical (unpaired) electrons. The fourth-order valence-corrected chi connectivity index (χ4v) is 1.77. The summed E-state index contributed by atoms with van der Waals surface area (Å²) in [6, 6.07) is 3.90. The van der Waals surface area contributed by atoms with Crippen LogP contribution in [0.15, 0.2) is 17.5 Å². The Morgan fingerprint density at radius 2 is 2.54 bits per heavy atom. The number of thiophene rings is 1. The van der Waals surface area contributed by atoms with Crippen LogP contribution in [0.2, 0.25) is 0 Å². The Kier molecular flexibility index (Phi) is 3.41.